The zero-order valence-electron chi connectivity index (χ0n) is 10.5. The Morgan fingerprint density at radius 2 is 1.80 bits per heavy atom. The third kappa shape index (κ3) is 11.4. The van der Waals surface area contributed by atoms with Crippen molar-refractivity contribution in [2.75, 3.05) is 20.1 Å². The van der Waals surface area contributed by atoms with Crippen LogP contribution in [0.3, 0.4) is 0 Å². The van der Waals surface area contributed by atoms with Crippen molar-refractivity contribution >= 4 is 5.97 Å². The van der Waals surface area contributed by atoms with Gasteiger partial charge in [-0.1, -0.05) is 27.2 Å². The Bertz CT molecular complexity index is 185. The van der Waals surface area contributed by atoms with Gasteiger partial charge in [-0.2, -0.15) is 0 Å². The SMILES string of the molecule is CN(CCCCCC(=O)O)CC(C)(C)C. The summed E-state index contributed by atoms with van der Waals surface area (Å²) in [7, 11) is 2.13. The average molecular weight is 215 g/mol. The van der Waals surface area contributed by atoms with Crippen molar-refractivity contribution in [1.82, 2.24) is 4.90 Å². The standard InChI is InChI=1S/C12H25NO2/c1-12(2,3)10-13(4)9-7-5-6-8-11(14)15/h5-10H2,1-4H3,(H,14,15). The van der Waals surface area contributed by atoms with E-state index in [0.717, 1.165) is 32.4 Å². The predicted molar refractivity (Wildman–Crippen MR) is 63.1 cm³/mol. The maximum atomic E-state index is 10.3. The Kier molecular flexibility index (Phi) is 6.57. The first-order chi connectivity index (χ1) is 6.81. The second-order valence-corrected chi connectivity index (χ2v) is 5.50. The Morgan fingerprint density at radius 3 is 2.27 bits per heavy atom. The first-order valence-electron chi connectivity index (χ1n) is 5.71. The number of hydrogen-bond donors (Lipinski definition) is 1. The molecular formula is C12H25NO2. The zero-order valence-corrected chi connectivity index (χ0v) is 10.5. The van der Waals surface area contributed by atoms with E-state index in [9.17, 15) is 4.79 Å². The smallest absolute Gasteiger partial charge is 0.303 e. The summed E-state index contributed by atoms with van der Waals surface area (Å²) in [5.74, 6) is -0.682. The zero-order chi connectivity index (χ0) is 11.9. The van der Waals surface area contributed by atoms with Gasteiger partial charge in [0, 0.05) is 13.0 Å². The normalized spacial score (nSPS) is 12.1. The fourth-order valence-corrected chi connectivity index (χ4v) is 1.72. The van der Waals surface area contributed by atoms with E-state index in [1.54, 1.807) is 0 Å². The van der Waals surface area contributed by atoms with Gasteiger partial charge in [0.1, 0.15) is 0 Å². The van der Waals surface area contributed by atoms with E-state index in [4.69, 9.17) is 5.11 Å². The molecule has 0 aliphatic carbocycles. The summed E-state index contributed by atoms with van der Waals surface area (Å²) in [6.07, 6.45) is 3.22. The van der Waals surface area contributed by atoms with E-state index in [-0.39, 0.29) is 0 Å². The Hall–Kier alpha value is -0.570. The van der Waals surface area contributed by atoms with Gasteiger partial charge in [0.05, 0.1) is 0 Å². The molecule has 90 valence electrons. The van der Waals surface area contributed by atoms with Gasteiger partial charge in [0.2, 0.25) is 0 Å². The highest BCUT2D eigenvalue weighted by Crippen LogP contribution is 2.14. The van der Waals surface area contributed by atoms with Crippen LogP contribution < -0.4 is 0 Å². The van der Waals surface area contributed by atoms with Crippen LogP contribution in [0.4, 0.5) is 0 Å². The van der Waals surface area contributed by atoms with Crippen LogP contribution in [0.5, 0.6) is 0 Å². The average Bonchev–Trinajstić information content (AvgIpc) is 1.99. The van der Waals surface area contributed by atoms with Gasteiger partial charge in [-0.25, -0.2) is 0 Å². The second-order valence-electron chi connectivity index (χ2n) is 5.50. The lowest BCUT2D eigenvalue weighted by molar-refractivity contribution is -0.137. The molecule has 1 N–H and O–H groups in total. The van der Waals surface area contributed by atoms with Gasteiger partial charge in [-0.05, 0) is 31.8 Å². The highest BCUT2D eigenvalue weighted by atomic mass is 16.4. The molecule has 0 spiro atoms. The minimum atomic E-state index is -0.682. The molecule has 0 aromatic heterocycles. The lowest BCUT2D eigenvalue weighted by Crippen LogP contribution is -2.30. The third-order valence-electron chi connectivity index (χ3n) is 2.17. The largest absolute Gasteiger partial charge is 0.481 e. The van der Waals surface area contributed by atoms with E-state index in [0.29, 0.717) is 11.8 Å². The molecule has 0 fully saturated rings. The predicted octanol–water partition coefficient (Wildman–Crippen LogP) is 2.61. The van der Waals surface area contributed by atoms with Crippen molar-refractivity contribution in [2.24, 2.45) is 5.41 Å². The summed E-state index contributed by atoms with van der Waals surface area (Å²) in [5.41, 5.74) is 0.343. The lowest BCUT2D eigenvalue weighted by Gasteiger charge is -2.26. The fraction of sp³-hybridized carbons (Fsp3) is 0.917. The molecule has 0 saturated carbocycles. The van der Waals surface area contributed by atoms with E-state index in [2.05, 4.69) is 32.7 Å². The topological polar surface area (TPSA) is 40.5 Å². The second kappa shape index (κ2) is 6.83. The molecule has 0 heterocycles. The molecule has 0 amide bonds. The number of carboxylic acid groups (broad SMARTS) is 1. The van der Waals surface area contributed by atoms with Gasteiger partial charge in [-0.15, -0.1) is 0 Å². The van der Waals surface area contributed by atoms with Crippen LogP contribution in [-0.2, 0) is 4.79 Å². The quantitative estimate of drug-likeness (QED) is 0.664. The van der Waals surface area contributed by atoms with Crippen molar-refractivity contribution in [3.63, 3.8) is 0 Å². The van der Waals surface area contributed by atoms with E-state index < -0.39 is 5.97 Å². The van der Waals surface area contributed by atoms with E-state index >= 15 is 0 Å². The molecule has 0 radical (unpaired) electrons. The maximum Gasteiger partial charge on any atom is 0.303 e. The number of nitrogens with zero attached hydrogens (tertiary/aromatic N) is 1. The summed E-state index contributed by atoms with van der Waals surface area (Å²) < 4.78 is 0. The number of carbonyl (C=O) groups is 1. The molecule has 0 aliphatic rings. The molecule has 0 rings (SSSR count). The van der Waals surface area contributed by atoms with Gasteiger partial charge in [-0.3, -0.25) is 4.79 Å². The van der Waals surface area contributed by atoms with Crippen molar-refractivity contribution in [3.05, 3.63) is 0 Å². The van der Waals surface area contributed by atoms with Crippen LogP contribution >= 0.6 is 0 Å². The molecule has 0 aliphatic heterocycles. The van der Waals surface area contributed by atoms with Crippen molar-refractivity contribution in [1.29, 1.82) is 0 Å². The molecular weight excluding hydrogens is 190 g/mol. The van der Waals surface area contributed by atoms with E-state index in [1.807, 2.05) is 0 Å². The highest BCUT2D eigenvalue weighted by Gasteiger charge is 2.12. The summed E-state index contributed by atoms with van der Waals surface area (Å²) in [5, 5.41) is 8.46. The number of hydrogen-bond acceptors (Lipinski definition) is 2. The van der Waals surface area contributed by atoms with Gasteiger partial charge >= 0.3 is 5.97 Å². The molecule has 3 heteroatoms. The van der Waals surface area contributed by atoms with E-state index in [1.165, 1.54) is 0 Å². The molecule has 0 saturated heterocycles. The van der Waals surface area contributed by atoms with Gasteiger partial charge < -0.3 is 10.0 Å². The molecule has 15 heavy (non-hydrogen) atoms. The summed E-state index contributed by atoms with van der Waals surface area (Å²) in [6, 6.07) is 0. The number of carboxylic acids is 1. The van der Waals surface area contributed by atoms with Crippen molar-refractivity contribution < 1.29 is 9.90 Å². The van der Waals surface area contributed by atoms with Crippen LogP contribution in [0.15, 0.2) is 0 Å². The molecule has 3 nitrogen and oxygen atoms in total. The van der Waals surface area contributed by atoms with Crippen LogP contribution in [0.25, 0.3) is 0 Å². The maximum absolute atomic E-state index is 10.3. The van der Waals surface area contributed by atoms with Crippen molar-refractivity contribution in [2.45, 2.75) is 46.5 Å². The van der Waals surface area contributed by atoms with Crippen LogP contribution in [0, 0.1) is 5.41 Å². The number of unbranched alkanes of at least 4 members (excludes halogenated alkanes) is 2. The fourth-order valence-electron chi connectivity index (χ4n) is 1.72. The Morgan fingerprint density at radius 1 is 1.20 bits per heavy atom. The molecule has 0 aromatic carbocycles. The molecule has 0 bridgehead atoms. The van der Waals surface area contributed by atoms with Crippen LogP contribution in [-0.4, -0.2) is 36.1 Å². The summed E-state index contributed by atoms with van der Waals surface area (Å²) in [4.78, 5) is 12.6. The minimum absolute atomic E-state index is 0.309. The molecule has 0 unspecified atom stereocenters. The Balaban J connectivity index is 3.39. The first-order valence-corrected chi connectivity index (χ1v) is 5.71. The van der Waals surface area contributed by atoms with Gasteiger partial charge in [0.15, 0.2) is 0 Å². The molecule has 0 atom stereocenters. The third-order valence-corrected chi connectivity index (χ3v) is 2.17. The number of rotatable bonds is 7. The van der Waals surface area contributed by atoms with Crippen molar-refractivity contribution in [3.8, 4) is 0 Å². The molecule has 0 aromatic rings. The minimum Gasteiger partial charge on any atom is -0.481 e. The first kappa shape index (κ1) is 14.4. The Labute approximate surface area is 93.5 Å². The van der Waals surface area contributed by atoms with Gasteiger partial charge in [0.25, 0.3) is 0 Å². The summed E-state index contributed by atoms with van der Waals surface area (Å²) >= 11 is 0. The monoisotopic (exact) mass is 215 g/mol. The van der Waals surface area contributed by atoms with Crippen LogP contribution in [0.1, 0.15) is 46.5 Å². The summed E-state index contributed by atoms with van der Waals surface area (Å²) in [6.45, 7) is 8.85. The highest BCUT2D eigenvalue weighted by molar-refractivity contribution is 5.66. The van der Waals surface area contributed by atoms with Crippen LogP contribution in [0.2, 0.25) is 0 Å². The number of aliphatic carboxylic acids is 1. The lowest BCUT2D eigenvalue weighted by atomic mass is 9.96.